The standard InChI is InChI=1S/C14H17NO2/c1-4-10-7-8-12(14(16)17-6-3)13(9-15)11(10)5-2/h7-8H,4-6H2,1-3H3. The number of carbonyl (C=O) groups is 1. The van der Waals surface area contributed by atoms with Crippen molar-refractivity contribution in [2.45, 2.75) is 33.6 Å². The second-order valence-electron chi connectivity index (χ2n) is 3.67. The van der Waals surface area contributed by atoms with Crippen LogP contribution >= 0.6 is 0 Å². The molecule has 0 spiro atoms. The van der Waals surface area contributed by atoms with Gasteiger partial charge >= 0.3 is 5.97 Å². The molecule has 0 radical (unpaired) electrons. The number of hydrogen-bond donors (Lipinski definition) is 0. The highest BCUT2D eigenvalue weighted by Gasteiger charge is 2.17. The van der Waals surface area contributed by atoms with Crippen molar-refractivity contribution < 1.29 is 9.53 Å². The van der Waals surface area contributed by atoms with Crippen LogP contribution in [0, 0.1) is 11.3 Å². The Morgan fingerprint density at radius 3 is 2.47 bits per heavy atom. The first-order chi connectivity index (χ1) is 8.19. The number of benzene rings is 1. The van der Waals surface area contributed by atoms with Crippen LogP contribution in [0.15, 0.2) is 12.1 Å². The third-order valence-corrected chi connectivity index (χ3v) is 2.75. The molecule has 0 fully saturated rings. The Labute approximate surface area is 102 Å². The highest BCUT2D eigenvalue weighted by Crippen LogP contribution is 2.21. The summed E-state index contributed by atoms with van der Waals surface area (Å²) in [5.74, 6) is -0.415. The molecular weight excluding hydrogens is 214 g/mol. The first-order valence-corrected chi connectivity index (χ1v) is 5.91. The second-order valence-corrected chi connectivity index (χ2v) is 3.67. The predicted molar refractivity (Wildman–Crippen MR) is 65.9 cm³/mol. The van der Waals surface area contributed by atoms with Gasteiger partial charge in [-0.3, -0.25) is 0 Å². The van der Waals surface area contributed by atoms with Crippen molar-refractivity contribution in [2.24, 2.45) is 0 Å². The van der Waals surface area contributed by atoms with Gasteiger partial charge in [-0.15, -0.1) is 0 Å². The van der Waals surface area contributed by atoms with E-state index >= 15 is 0 Å². The van der Waals surface area contributed by atoms with Gasteiger partial charge < -0.3 is 4.74 Å². The number of esters is 1. The molecule has 90 valence electrons. The first kappa shape index (κ1) is 13.2. The molecule has 1 rings (SSSR count). The normalized spacial score (nSPS) is 9.76. The summed E-state index contributed by atoms with van der Waals surface area (Å²) in [6, 6.07) is 5.73. The zero-order valence-electron chi connectivity index (χ0n) is 10.5. The predicted octanol–water partition coefficient (Wildman–Crippen LogP) is 2.86. The summed E-state index contributed by atoms with van der Waals surface area (Å²) < 4.78 is 4.95. The number of aryl methyl sites for hydroxylation is 1. The van der Waals surface area contributed by atoms with Crippen molar-refractivity contribution in [3.8, 4) is 6.07 Å². The molecule has 1 aromatic carbocycles. The van der Waals surface area contributed by atoms with Crippen LogP contribution in [0.3, 0.4) is 0 Å². The molecule has 0 N–H and O–H groups in total. The summed E-state index contributed by atoms with van der Waals surface area (Å²) in [5, 5.41) is 9.21. The summed E-state index contributed by atoms with van der Waals surface area (Å²) in [6.07, 6.45) is 1.61. The summed E-state index contributed by atoms with van der Waals surface area (Å²) in [7, 11) is 0. The molecule has 0 unspecified atom stereocenters. The summed E-state index contributed by atoms with van der Waals surface area (Å²) in [4.78, 5) is 11.7. The number of hydrogen-bond acceptors (Lipinski definition) is 3. The third kappa shape index (κ3) is 2.65. The number of nitrogens with zero attached hydrogens (tertiary/aromatic N) is 1. The van der Waals surface area contributed by atoms with Crippen LogP contribution in [0.4, 0.5) is 0 Å². The number of rotatable bonds is 4. The molecular formula is C14H17NO2. The average Bonchev–Trinajstić information content (AvgIpc) is 2.36. The molecule has 1 aromatic rings. The van der Waals surface area contributed by atoms with E-state index in [1.54, 1.807) is 13.0 Å². The fourth-order valence-electron chi connectivity index (χ4n) is 1.93. The van der Waals surface area contributed by atoms with Crippen molar-refractivity contribution in [1.82, 2.24) is 0 Å². The van der Waals surface area contributed by atoms with E-state index in [2.05, 4.69) is 6.07 Å². The Bertz CT molecular complexity index is 458. The fraction of sp³-hybridized carbons (Fsp3) is 0.429. The lowest BCUT2D eigenvalue weighted by atomic mass is 9.93. The van der Waals surface area contributed by atoms with Crippen LogP contribution in [0.5, 0.6) is 0 Å². The summed E-state index contributed by atoms with van der Waals surface area (Å²) in [5.41, 5.74) is 2.92. The van der Waals surface area contributed by atoms with Gasteiger partial charge in [-0.25, -0.2) is 4.79 Å². The van der Waals surface area contributed by atoms with Gasteiger partial charge in [-0.05, 0) is 37.0 Å². The Balaban J connectivity index is 3.34. The second kappa shape index (κ2) is 6.05. The molecule has 17 heavy (non-hydrogen) atoms. The van der Waals surface area contributed by atoms with E-state index < -0.39 is 5.97 Å². The average molecular weight is 231 g/mol. The maximum Gasteiger partial charge on any atom is 0.339 e. The highest BCUT2D eigenvalue weighted by atomic mass is 16.5. The van der Waals surface area contributed by atoms with Crippen LogP contribution in [-0.2, 0) is 17.6 Å². The van der Waals surface area contributed by atoms with Gasteiger partial charge in [0, 0.05) is 0 Å². The van der Waals surface area contributed by atoms with E-state index in [1.165, 1.54) is 0 Å². The first-order valence-electron chi connectivity index (χ1n) is 5.91. The van der Waals surface area contributed by atoms with Gasteiger partial charge in [0.05, 0.1) is 17.7 Å². The summed E-state index contributed by atoms with van der Waals surface area (Å²) >= 11 is 0. The number of nitriles is 1. The topological polar surface area (TPSA) is 50.1 Å². The molecule has 0 aliphatic carbocycles. The Kier molecular flexibility index (Phi) is 4.71. The molecule has 0 atom stereocenters. The lowest BCUT2D eigenvalue weighted by Gasteiger charge is -2.11. The van der Waals surface area contributed by atoms with Crippen molar-refractivity contribution in [1.29, 1.82) is 5.26 Å². The van der Waals surface area contributed by atoms with Crippen LogP contribution in [0.25, 0.3) is 0 Å². The summed E-state index contributed by atoms with van der Waals surface area (Å²) in [6.45, 7) is 6.11. The van der Waals surface area contributed by atoms with Crippen molar-refractivity contribution in [3.63, 3.8) is 0 Å². The minimum atomic E-state index is -0.415. The zero-order valence-corrected chi connectivity index (χ0v) is 10.5. The highest BCUT2D eigenvalue weighted by molar-refractivity contribution is 5.92. The Morgan fingerprint density at radius 1 is 1.29 bits per heavy atom. The largest absolute Gasteiger partial charge is 0.462 e. The van der Waals surface area contributed by atoms with E-state index in [4.69, 9.17) is 4.74 Å². The van der Waals surface area contributed by atoms with Crippen LogP contribution in [0.1, 0.15) is 47.8 Å². The minimum Gasteiger partial charge on any atom is -0.462 e. The van der Waals surface area contributed by atoms with E-state index in [0.29, 0.717) is 17.7 Å². The smallest absolute Gasteiger partial charge is 0.339 e. The molecule has 0 aliphatic heterocycles. The maximum atomic E-state index is 11.7. The third-order valence-electron chi connectivity index (χ3n) is 2.75. The van der Waals surface area contributed by atoms with Gasteiger partial charge in [0.25, 0.3) is 0 Å². The monoisotopic (exact) mass is 231 g/mol. The zero-order chi connectivity index (χ0) is 12.8. The quantitative estimate of drug-likeness (QED) is 0.749. The van der Waals surface area contributed by atoms with E-state index in [1.807, 2.05) is 19.9 Å². The van der Waals surface area contributed by atoms with Gasteiger partial charge in [0.15, 0.2) is 0 Å². The van der Waals surface area contributed by atoms with Crippen LogP contribution < -0.4 is 0 Å². The number of ether oxygens (including phenoxy) is 1. The van der Waals surface area contributed by atoms with Crippen molar-refractivity contribution in [2.75, 3.05) is 6.61 Å². The minimum absolute atomic E-state index is 0.320. The van der Waals surface area contributed by atoms with E-state index in [-0.39, 0.29) is 0 Å². The molecule has 0 bridgehead atoms. The lowest BCUT2D eigenvalue weighted by molar-refractivity contribution is 0.0526. The van der Waals surface area contributed by atoms with E-state index in [9.17, 15) is 10.1 Å². The Morgan fingerprint density at radius 2 is 2.00 bits per heavy atom. The molecule has 0 aliphatic rings. The van der Waals surface area contributed by atoms with Crippen molar-refractivity contribution in [3.05, 3.63) is 34.4 Å². The molecule has 3 heteroatoms. The van der Waals surface area contributed by atoms with Gasteiger partial charge in [-0.2, -0.15) is 5.26 Å². The molecule has 0 amide bonds. The van der Waals surface area contributed by atoms with Gasteiger partial charge in [0.1, 0.15) is 6.07 Å². The Hall–Kier alpha value is -1.82. The SMILES string of the molecule is CCOC(=O)c1ccc(CC)c(CC)c1C#N. The molecule has 0 saturated carbocycles. The fourth-order valence-corrected chi connectivity index (χ4v) is 1.93. The maximum absolute atomic E-state index is 11.7. The van der Waals surface area contributed by atoms with E-state index in [0.717, 1.165) is 24.0 Å². The molecule has 3 nitrogen and oxygen atoms in total. The molecule has 0 aromatic heterocycles. The van der Waals surface area contributed by atoms with Gasteiger partial charge in [0.2, 0.25) is 0 Å². The molecule has 0 heterocycles. The molecule has 0 saturated heterocycles. The van der Waals surface area contributed by atoms with Crippen LogP contribution in [0.2, 0.25) is 0 Å². The van der Waals surface area contributed by atoms with Crippen molar-refractivity contribution >= 4 is 5.97 Å². The lowest BCUT2D eigenvalue weighted by Crippen LogP contribution is -2.10. The number of carbonyl (C=O) groups excluding carboxylic acids is 1. The van der Waals surface area contributed by atoms with Crippen LogP contribution in [-0.4, -0.2) is 12.6 Å². The van der Waals surface area contributed by atoms with Gasteiger partial charge in [-0.1, -0.05) is 19.9 Å².